The summed E-state index contributed by atoms with van der Waals surface area (Å²) in [7, 11) is 1.46. The summed E-state index contributed by atoms with van der Waals surface area (Å²) in [5.41, 5.74) is 3.80. The number of hydrogen-bond acceptors (Lipinski definition) is 22. The van der Waals surface area contributed by atoms with Crippen molar-refractivity contribution in [1.82, 2.24) is 38.2 Å². The highest BCUT2D eigenvalue weighted by molar-refractivity contribution is 6.08. The van der Waals surface area contributed by atoms with Gasteiger partial charge in [0.2, 0.25) is 23.8 Å². The van der Waals surface area contributed by atoms with Gasteiger partial charge in [0.05, 0.1) is 125 Å². The maximum atomic E-state index is 14.1. The van der Waals surface area contributed by atoms with Crippen LogP contribution >= 0.6 is 0 Å². The predicted molar refractivity (Wildman–Crippen MR) is 470 cm³/mol. The molecule has 5 aliphatic rings. The maximum Gasteiger partial charge on any atom is 0.416 e. The SMILES string of the molecule is COc1cc2c(cc1N1CCOCC1=O)nc(NC(=O)c1cccc(C(F)(F)F)c1)n2[C@H](C)CCO.N#Cc1cccc(C(=O)Nc2nc3cc(N4CCOCC4=O)ccc3n2CCCO)c1.O=C(Nc1nc2cc(N3CCCOC3=O)ccc2n1CC(F)CO)c1cccc(C(F)(F)F)c1.O=C(Nc1nc2cc(N3CCCOC3=O)ccc2n1[C@@H]1C[C@H]1CO)c1cccc(C(F)(F)F)c1. The van der Waals surface area contributed by atoms with Crippen molar-refractivity contribution in [2.75, 3.05) is 140 Å². The number of nitriles is 1. The molecule has 44 heteroatoms. The highest BCUT2D eigenvalue weighted by atomic mass is 19.4. The molecule has 5 fully saturated rings. The minimum atomic E-state index is -4.63. The van der Waals surface area contributed by atoms with Crippen molar-refractivity contribution >= 4 is 138 Å². The molecule has 8 aromatic carbocycles. The van der Waals surface area contributed by atoms with E-state index in [1.807, 2.05) is 29.7 Å². The van der Waals surface area contributed by atoms with Gasteiger partial charge in [0.15, 0.2) is 0 Å². The highest BCUT2D eigenvalue weighted by Crippen LogP contribution is 2.48. The van der Waals surface area contributed by atoms with Crippen LogP contribution in [0.2, 0.25) is 0 Å². The summed E-state index contributed by atoms with van der Waals surface area (Å²) in [6, 6.07) is 38.9. The van der Waals surface area contributed by atoms with Crippen LogP contribution in [-0.2, 0) is 60.2 Å². The third-order valence-electron chi connectivity index (χ3n) is 22.3. The molecule has 8 heterocycles. The number of cyclic esters (lactones) is 2. The summed E-state index contributed by atoms with van der Waals surface area (Å²) in [6.45, 7) is 4.14. The Morgan fingerprint density at radius 3 is 1.42 bits per heavy atom. The number of rotatable bonds is 24. The zero-order chi connectivity index (χ0) is 96.3. The number of nitrogens with zero attached hydrogens (tertiary/aromatic N) is 13. The van der Waals surface area contributed by atoms with Gasteiger partial charge in [-0.2, -0.15) is 44.8 Å². The average molecular weight is 1880 g/mol. The van der Waals surface area contributed by atoms with E-state index in [1.165, 1.54) is 56.7 Å². The molecular weight excluding hydrogens is 1790 g/mol. The number of hydrogen-bond donors (Lipinski definition) is 8. The van der Waals surface area contributed by atoms with E-state index in [0.717, 1.165) is 48.0 Å². The molecule has 1 unspecified atom stereocenters. The number of ether oxygens (including phenoxy) is 5. The molecule has 8 amide bonds. The first-order valence-electron chi connectivity index (χ1n) is 42.3. The minimum Gasteiger partial charge on any atom is -0.494 e. The lowest BCUT2D eigenvalue weighted by Crippen LogP contribution is -2.41. The van der Waals surface area contributed by atoms with Crippen LogP contribution in [0.5, 0.6) is 5.75 Å². The van der Waals surface area contributed by atoms with E-state index in [0.29, 0.717) is 182 Å². The number of fused-ring (bicyclic) bond motifs is 4. The van der Waals surface area contributed by atoms with E-state index in [-0.39, 0.29) is 110 Å². The molecule has 4 atom stereocenters. The standard InChI is InChI=1S/C24H25F3N4O5.C23H21F3N4O4.C22H20F4N4O4.C22H21N5O4/c1-14(6-8-32)31-18-12-20(35-2)19(30-7-9-36-13-21(30)33)11-17(18)28-23(31)29-22(34)15-4-3-5-16(10-15)24(25,26)27;24-23(25,26)15-4-1-3-13(9-15)20(32)28-21-27-17-11-16(29-7-2-8-34-22(29)33)5-6-18(17)30(21)19-10-14(19)12-31;23-15(12-31)11-30-18-6-5-16(29-7-2-8-34-21(29)33)10-17(18)27-20(30)28-19(32)13-3-1-4-14(9-13)22(24,25)26;23-13-15-3-1-4-16(11-15)21(30)25-22-24-18-12-17(26-8-10-31-14-20(26)29)5-6-19(18)27(22)7-2-9-28/h3-5,10-12,14,32H,6-9,13H2,1-2H3,(H,28,29,34);1,3-6,9,11,14,19,31H,2,7-8,10,12H2,(H,27,28,32);1,3-6,9-10,15,31H,2,7-8,11-12H2,(H,27,28,32);1,3-6,11-12,28H,2,7-10,14H2,(H,24,25,30)/t14-;14-,19+;;/m10../s1. The number of aliphatic hydroxyl groups is 4. The molecule has 8 N–H and O–H groups in total. The Balaban J connectivity index is 0.000000144. The zero-order valence-electron chi connectivity index (χ0n) is 71.9. The van der Waals surface area contributed by atoms with E-state index < -0.39 is 77.9 Å². The van der Waals surface area contributed by atoms with Gasteiger partial charge in [0, 0.05) is 116 Å². The molecule has 4 saturated heterocycles. The fraction of sp³-hybridized carbons (Fsp3) is 0.330. The molecule has 1 saturated carbocycles. The number of halogens is 10. The normalized spacial score (nSPS) is 16.3. The second kappa shape index (κ2) is 41.6. The lowest BCUT2D eigenvalue weighted by Gasteiger charge is -2.28. The molecule has 0 spiro atoms. The number of aromatic nitrogens is 8. The number of carbonyl (C=O) groups excluding carboxylic acids is 8. The third kappa shape index (κ3) is 22.3. The molecule has 0 radical (unpaired) electrons. The van der Waals surface area contributed by atoms with Gasteiger partial charge < -0.3 is 72.2 Å². The van der Waals surface area contributed by atoms with Crippen LogP contribution in [0, 0.1) is 17.2 Å². The summed E-state index contributed by atoms with van der Waals surface area (Å²) in [6.07, 6.45) is -13.6. The third-order valence-corrected chi connectivity index (χ3v) is 22.3. The van der Waals surface area contributed by atoms with E-state index in [9.17, 15) is 97.6 Å². The van der Waals surface area contributed by atoms with Crippen LogP contribution in [0.15, 0.2) is 164 Å². The van der Waals surface area contributed by atoms with Crippen LogP contribution in [-0.4, -0.2) is 212 Å². The number of methoxy groups -OCH3 is 1. The number of nitrogens with one attached hydrogen (secondary N) is 4. The molecule has 17 rings (SSSR count). The Labute approximate surface area is 760 Å². The molecule has 0 bridgehead atoms. The van der Waals surface area contributed by atoms with Gasteiger partial charge in [-0.15, -0.1) is 0 Å². The Hall–Kier alpha value is -14.7. The van der Waals surface area contributed by atoms with Gasteiger partial charge >= 0.3 is 30.7 Å². The van der Waals surface area contributed by atoms with E-state index in [1.54, 1.807) is 86.8 Å². The van der Waals surface area contributed by atoms with E-state index in [2.05, 4.69) is 41.2 Å². The van der Waals surface area contributed by atoms with Crippen molar-refractivity contribution in [3.05, 3.63) is 208 Å². The quantitative estimate of drug-likeness (QED) is 0.0260. The largest absolute Gasteiger partial charge is 0.494 e. The second-order valence-corrected chi connectivity index (χ2v) is 31.4. The second-order valence-electron chi connectivity index (χ2n) is 31.4. The van der Waals surface area contributed by atoms with Gasteiger partial charge in [-0.05, 0) is 172 Å². The Bertz CT molecular complexity index is 6510. The van der Waals surface area contributed by atoms with Crippen molar-refractivity contribution in [2.24, 2.45) is 5.92 Å². The number of carbonyl (C=O) groups is 8. The fourth-order valence-electron chi connectivity index (χ4n) is 15.5. The van der Waals surface area contributed by atoms with Gasteiger partial charge in [-0.3, -0.25) is 59.8 Å². The molecule has 4 aliphatic heterocycles. The minimum absolute atomic E-state index is 0.00234. The van der Waals surface area contributed by atoms with Crippen molar-refractivity contribution < 1.29 is 126 Å². The number of aliphatic hydroxyl groups excluding tert-OH is 4. The van der Waals surface area contributed by atoms with Crippen LogP contribution in [0.3, 0.4) is 0 Å². The number of anilines is 8. The highest BCUT2D eigenvalue weighted by Gasteiger charge is 2.42. The molecule has 708 valence electrons. The van der Waals surface area contributed by atoms with Crippen molar-refractivity contribution in [3.63, 3.8) is 0 Å². The lowest BCUT2D eigenvalue weighted by atomic mass is 10.1. The summed E-state index contributed by atoms with van der Waals surface area (Å²) < 4.78 is 164. The number of amides is 8. The molecule has 4 aromatic heterocycles. The Kier molecular flexibility index (Phi) is 29.7. The van der Waals surface area contributed by atoms with E-state index >= 15 is 0 Å². The number of morpholine rings is 2. The van der Waals surface area contributed by atoms with Gasteiger partial charge in [-0.25, -0.2) is 33.9 Å². The summed E-state index contributed by atoms with van der Waals surface area (Å²) in [4.78, 5) is 124. The Morgan fingerprint density at radius 1 is 0.511 bits per heavy atom. The number of aryl methyl sites for hydroxylation is 1. The molecule has 34 nitrogen and oxygen atoms in total. The van der Waals surface area contributed by atoms with Gasteiger partial charge in [0.25, 0.3) is 35.4 Å². The Morgan fingerprint density at radius 2 is 0.956 bits per heavy atom. The van der Waals surface area contributed by atoms with Crippen LogP contribution in [0.4, 0.5) is 100 Å². The van der Waals surface area contributed by atoms with Gasteiger partial charge in [0.1, 0.15) is 25.1 Å². The molecular formula is C91H87F10N17O17. The first-order valence-corrected chi connectivity index (χ1v) is 42.3. The summed E-state index contributed by atoms with van der Waals surface area (Å²) in [5, 5.41) is 57.0. The van der Waals surface area contributed by atoms with Gasteiger partial charge in [-0.1, -0.05) is 24.3 Å². The zero-order valence-corrected chi connectivity index (χ0v) is 71.9. The topological polar surface area (TPSA) is 420 Å². The fourth-order valence-corrected chi connectivity index (χ4v) is 15.5. The van der Waals surface area contributed by atoms with E-state index in [4.69, 9.17) is 34.1 Å². The van der Waals surface area contributed by atoms with Crippen molar-refractivity contribution in [1.29, 1.82) is 5.26 Å². The first-order chi connectivity index (χ1) is 64.7. The molecule has 135 heavy (non-hydrogen) atoms. The lowest BCUT2D eigenvalue weighted by molar-refractivity contribution is -0.138. The molecule has 1 aliphatic carbocycles. The predicted octanol–water partition coefficient (Wildman–Crippen LogP) is 13.7. The van der Waals surface area contributed by atoms with Crippen molar-refractivity contribution in [3.8, 4) is 11.8 Å². The summed E-state index contributed by atoms with van der Waals surface area (Å²) in [5.74, 6) is -2.28. The maximum absolute atomic E-state index is 14.1. The molecule has 12 aromatic rings. The van der Waals surface area contributed by atoms with Crippen molar-refractivity contribution in [2.45, 2.75) is 88.9 Å². The summed E-state index contributed by atoms with van der Waals surface area (Å²) >= 11 is 0. The van der Waals surface area contributed by atoms with Crippen LogP contribution < -0.4 is 45.6 Å². The average Bonchev–Trinajstić information content (AvgIpc) is 1.58. The first kappa shape index (κ1) is 96.4. The smallest absolute Gasteiger partial charge is 0.416 e. The number of benzene rings is 8. The number of alkyl halides is 10. The van der Waals surface area contributed by atoms with Crippen LogP contribution in [0.1, 0.15) is 115 Å². The number of imidazole rings is 4. The monoisotopic (exact) mass is 1880 g/mol. The van der Waals surface area contributed by atoms with Crippen LogP contribution in [0.25, 0.3) is 44.1 Å².